The summed E-state index contributed by atoms with van der Waals surface area (Å²) in [6.45, 7) is 3.77. The van der Waals surface area contributed by atoms with Gasteiger partial charge in [-0.3, -0.25) is 9.59 Å². The minimum absolute atomic E-state index is 0.0283. The molecule has 1 amide bonds. The quantitative estimate of drug-likeness (QED) is 0.527. The van der Waals surface area contributed by atoms with Gasteiger partial charge in [0.15, 0.2) is 5.78 Å². The number of nitrogens with zero attached hydrogens (tertiary/aromatic N) is 1. The Kier molecular flexibility index (Phi) is 5.53. The molecule has 1 aliphatic carbocycles. The molecule has 1 aromatic carbocycles. The van der Waals surface area contributed by atoms with Crippen LogP contribution in [0.15, 0.2) is 87.9 Å². The molecule has 5 rings (SSSR count). The van der Waals surface area contributed by atoms with Crippen LogP contribution in [0.4, 0.5) is 5.82 Å². The molecule has 3 aromatic rings. The van der Waals surface area contributed by atoms with E-state index >= 15 is 0 Å². The number of amides is 1. The Hall–Kier alpha value is -4.13. The number of phenols is 1. The summed E-state index contributed by atoms with van der Waals surface area (Å²) < 4.78 is 5.57. The highest BCUT2D eigenvalue weighted by atomic mass is 16.3. The Balaban J connectivity index is 1.55. The van der Waals surface area contributed by atoms with Crippen LogP contribution < -0.4 is 10.6 Å². The van der Waals surface area contributed by atoms with Crippen LogP contribution in [0.1, 0.15) is 48.5 Å². The third-order valence-electron chi connectivity index (χ3n) is 6.40. The number of rotatable bonds is 4. The van der Waals surface area contributed by atoms with Gasteiger partial charge in [0.2, 0.25) is 0 Å². The van der Waals surface area contributed by atoms with Crippen molar-refractivity contribution in [2.24, 2.45) is 0 Å². The summed E-state index contributed by atoms with van der Waals surface area (Å²) in [6, 6.07) is 14.0. The van der Waals surface area contributed by atoms with E-state index in [1.165, 1.54) is 0 Å². The highest BCUT2D eigenvalue weighted by Crippen LogP contribution is 2.45. The summed E-state index contributed by atoms with van der Waals surface area (Å²) in [4.78, 5) is 31.3. The fourth-order valence-electron chi connectivity index (χ4n) is 4.79. The van der Waals surface area contributed by atoms with Gasteiger partial charge in [-0.25, -0.2) is 4.98 Å². The number of aryl methyl sites for hydroxylation is 1. The van der Waals surface area contributed by atoms with Crippen molar-refractivity contribution in [2.75, 3.05) is 5.32 Å². The second-order valence-electron chi connectivity index (χ2n) is 8.80. The SMILES string of the molecule is CC1=C(C(=O)Nc2ccc(C)cn2)[C@H](c2ccc(O)cc2)C2=C(C[C@@H](c3ccco3)CC2=O)N1. The van der Waals surface area contributed by atoms with Crippen molar-refractivity contribution in [1.29, 1.82) is 0 Å². The van der Waals surface area contributed by atoms with Gasteiger partial charge in [0, 0.05) is 47.0 Å². The zero-order valence-corrected chi connectivity index (χ0v) is 19.0. The fourth-order valence-corrected chi connectivity index (χ4v) is 4.79. The van der Waals surface area contributed by atoms with Crippen LogP contribution >= 0.6 is 0 Å². The number of aromatic hydroxyl groups is 1. The van der Waals surface area contributed by atoms with E-state index in [9.17, 15) is 14.7 Å². The summed E-state index contributed by atoms with van der Waals surface area (Å²) in [5.74, 6) is 0.356. The number of nitrogens with one attached hydrogen (secondary N) is 2. The number of carbonyl (C=O) groups excluding carboxylic acids is 2. The fraction of sp³-hybridized carbons (Fsp3) is 0.222. The predicted octanol–water partition coefficient (Wildman–Crippen LogP) is 4.69. The summed E-state index contributed by atoms with van der Waals surface area (Å²) >= 11 is 0. The number of allylic oxidation sites excluding steroid dienone is 3. The Morgan fingerprint density at radius 1 is 1.12 bits per heavy atom. The summed E-state index contributed by atoms with van der Waals surface area (Å²) in [7, 11) is 0. The molecular weight excluding hydrogens is 430 g/mol. The number of aromatic nitrogens is 1. The Morgan fingerprint density at radius 2 is 1.91 bits per heavy atom. The molecule has 7 nitrogen and oxygen atoms in total. The summed E-state index contributed by atoms with van der Waals surface area (Å²) in [5, 5.41) is 16.0. The Labute approximate surface area is 197 Å². The molecular formula is C27H25N3O4. The molecule has 1 aliphatic heterocycles. The number of furan rings is 1. The number of Topliss-reactive ketones (excluding diaryl/α,β-unsaturated/α-hetero) is 1. The van der Waals surface area contributed by atoms with E-state index in [1.807, 2.05) is 32.0 Å². The summed E-state index contributed by atoms with van der Waals surface area (Å²) in [5.41, 5.74) is 4.27. The standard InChI is InChI=1S/C27H25N3O4/c1-15-5-10-23(28-14-15)30-27(33)24-16(2)29-20-12-18(22-4-3-11-34-22)13-21(32)26(20)25(24)17-6-8-19(31)9-7-17/h3-11,14,18,25,29,31H,12-13H2,1-2H3,(H,28,30,33)/t18-,25+/m1/s1. The molecule has 2 atom stereocenters. The van der Waals surface area contributed by atoms with Crippen LogP contribution in [0.2, 0.25) is 0 Å². The molecule has 3 N–H and O–H groups in total. The molecule has 0 radical (unpaired) electrons. The lowest BCUT2D eigenvalue weighted by Crippen LogP contribution is -2.37. The van der Waals surface area contributed by atoms with E-state index in [1.54, 1.807) is 42.8 Å². The zero-order chi connectivity index (χ0) is 23.8. The van der Waals surface area contributed by atoms with E-state index in [2.05, 4.69) is 15.6 Å². The first-order valence-corrected chi connectivity index (χ1v) is 11.2. The van der Waals surface area contributed by atoms with Crippen LogP contribution in [-0.2, 0) is 9.59 Å². The number of pyridine rings is 1. The first kappa shape index (κ1) is 21.7. The maximum absolute atomic E-state index is 13.5. The number of benzene rings is 1. The second-order valence-corrected chi connectivity index (χ2v) is 8.80. The smallest absolute Gasteiger partial charge is 0.255 e. The maximum atomic E-state index is 13.5. The molecule has 172 valence electrons. The van der Waals surface area contributed by atoms with E-state index < -0.39 is 5.92 Å². The molecule has 0 saturated carbocycles. The van der Waals surface area contributed by atoms with E-state index in [4.69, 9.17) is 4.42 Å². The number of hydrogen-bond donors (Lipinski definition) is 3. The predicted molar refractivity (Wildman–Crippen MR) is 127 cm³/mol. The van der Waals surface area contributed by atoms with Crippen molar-refractivity contribution in [2.45, 2.75) is 38.5 Å². The first-order valence-electron chi connectivity index (χ1n) is 11.2. The van der Waals surface area contributed by atoms with Gasteiger partial charge in [0.25, 0.3) is 5.91 Å². The molecule has 0 bridgehead atoms. The molecule has 2 aliphatic rings. The van der Waals surface area contributed by atoms with Gasteiger partial charge in [-0.15, -0.1) is 0 Å². The van der Waals surface area contributed by atoms with Crippen molar-refractivity contribution >= 4 is 17.5 Å². The van der Waals surface area contributed by atoms with Gasteiger partial charge in [-0.1, -0.05) is 18.2 Å². The van der Waals surface area contributed by atoms with Crippen molar-refractivity contribution < 1.29 is 19.1 Å². The highest BCUT2D eigenvalue weighted by molar-refractivity contribution is 6.09. The Morgan fingerprint density at radius 3 is 2.59 bits per heavy atom. The number of dihydropyridines is 1. The molecule has 0 saturated heterocycles. The lowest BCUT2D eigenvalue weighted by molar-refractivity contribution is -0.116. The molecule has 7 heteroatoms. The molecule has 0 unspecified atom stereocenters. The van der Waals surface area contributed by atoms with Gasteiger partial charge in [-0.05, 0) is 61.7 Å². The van der Waals surface area contributed by atoms with Crippen LogP contribution in [0.5, 0.6) is 5.75 Å². The van der Waals surface area contributed by atoms with Gasteiger partial charge in [-0.2, -0.15) is 0 Å². The molecule has 0 spiro atoms. The van der Waals surface area contributed by atoms with Gasteiger partial charge in [0.05, 0.1) is 6.26 Å². The third-order valence-corrected chi connectivity index (χ3v) is 6.40. The van der Waals surface area contributed by atoms with Crippen LogP contribution in [0.25, 0.3) is 0 Å². The molecule has 3 heterocycles. The topological polar surface area (TPSA) is 104 Å². The third kappa shape index (κ3) is 4.01. The number of phenolic OH excluding ortho intramolecular Hbond substituents is 1. The lowest BCUT2D eigenvalue weighted by Gasteiger charge is -2.36. The number of ketones is 1. The van der Waals surface area contributed by atoms with Crippen molar-refractivity contribution in [3.05, 3.63) is 100 Å². The van der Waals surface area contributed by atoms with E-state index in [0.717, 1.165) is 22.6 Å². The monoisotopic (exact) mass is 455 g/mol. The Bertz CT molecular complexity index is 1300. The van der Waals surface area contributed by atoms with Crippen LogP contribution in [0.3, 0.4) is 0 Å². The van der Waals surface area contributed by atoms with E-state index in [0.29, 0.717) is 35.5 Å². The molecule has 2 aromatic heterocycles. The van der Waals surface area contributed by atoms with Gasteiger partial charge in [0.1, 0.15) is 17.3 Å². The summed E-state index contributed by atoms with van der Waals surface area (Å²) in [6.07, 6.45) is 4.21. The van der Waals surface area contributed by atoms with Crippen molar-refractivity contribution in [3.63, 3.8) is 0 Å². The second kappa shape index (κ2) is 8.67. The minimum atomic E-state index is -0.563. The normalized spacial score (nSPS) is 20.1. The van der Waals surface area contributed by atoms with Crippen LogP contribution in [0, 0.1) is 6.92 Å². The number of anilines is 1. The van der Waals surface area contributed by atoms with Gasteiger partial charge >= 0.3 is 0 Å². The van der Waals surface area contributed by atoms with E-state index in [-0.39, 0.29) is 23.4 Å². The number of carbonyl (C=O) groups is 2. The number of hydrogen-bond acceptors (Lipinski definition) is 6. The lowest BCUT2D eigenvalue weighted by atomic mass is 9.72. The minimum Gasteiger partial charge on any atom is -0.508 e. The molecule has 0 fully saturated rings. The highest BCUT2D eigenvalue weighted by Gasteiger charge is 2.41. The zero-order valence-electron chi connectivity index (χ0n) is 19.0. The average molecular weight is 456 g/mol. The van der Waals surface area contributed by atoms with Gasteiger partial charge < -0.3 is 20.2 Å². The average Bonchev–Trinajstić information content (AvgIpc) is 3.35. The molecule has 34 heavy (non-hydrogen) atoms. The van der Waals surface area contributed by atoms with Crippen LogP contribution in [-0.4, -0.2) is 21.8 Å². The van der Waals surface area contributed by atoms with Crippen molar-refractivity contribution in [1.82, 2.24) is 10.3 Å². The van der Waals surface area contributed by atoms with Crippen molar-refractivity contribution in [3.8, 4) is 5.75 Å². The largest absolute Gasteiger partial charge is 0.508 e. The maximum Gasteiger partial charge on any atom is 0.255 e. The first-order chi connectivity index (χ1) is 16.4.